The van der Waals surface area contributed by atoms with E-state index in [9.17, 15) is 15.0 Å². The molecule has 1 aliphatic rings. The molecule has 6 nitrogen and oxygen atoms in total. The van der Waals surface area contributed by atoms with Crippen molar-refractivity contribution in [1.29, 1.82) is 0 Å². The van der Waals surface area contributed by atoms with Gasteiger partial charge in [0.1, 0.15) is 6.04 Å². The maximum absolute atomic E-state index is 11.3. The summed E-state index contributed by atoms with van der Waals surface area (Å²) in [6.07, 6.45) is 3.41. The number of nitrogens with zero attached hydrogens (tertiary/aromatic N) is 1. The van der Waals surface area contributed by atoms with Crippen LogP contribution < -0.4 is 5.73 Å². The van der Waals surface area contributed by atoms with Gasteiger partial charge in [0.05, 0.1) is 18.5 Å². The summed E-state index contributed by atoms with van der Waals surface area (Å²) in [6.45, 7) is 4.00. The van der Waals surface area contributed by atoms with Crippen molar-refractivity contribution in [3.63, 3.8) is 0 Å². The predicted octanol–water partition coefficient (Wildman–Crippen LogP) is 1.88. The molecule has 1 rings (SSSR count). The summed E-state index contributed by atoms with van der Waals surface area (Å²) in [6, 6.07) is -0.798. The van der Waals surface area contributed by atoms with Crippen LogP contribution in [-0.4, -0.2) is 53.7 Å². The topological polar surface area (TPSA) is 105 Å². The molecule has 0 radical (unpaired) electrons. The van der Waals surface area contributed by atoms with Crippen molar-refractivity contribution < 1.29 is 19.7 Å². The Bertz CT molecular complexity index is 410. The molecule has 2 atom stereocenters. The Kier molecular flexibility index (Phi) is 10.7. The lowest BCUT2D eigenvalue weighted by atomic mass is 9.90. The molecule has 0 spiro atoms. The highest BCUT2D eigenvalue weighted by atomic mass is 32.2. The van der Waals surface area contributed by atoms with Crippen molar-refractivity contribution in [1.82, 2.24) is 0 Å². The third-order valence-corrected chi connectivity index (χ3v) is 3.84. The monoisotopic (exact) mass is 332 g/mol. The standard InChI is InChI=1S/C13H22N2O4S.C2H6/c1-19-12-9(14)5-8(7-16)6-11(12)15-10(13(17)18)3-4-20-2;1-2/h8,10,16H,3-7,14H2,1-2H3,(H,17,18);1-2H3. The summed E-state index contributed by atoms with van der Waals surface area (Å²) < 4.78 is 5.24. The van der Waals surface area contributed by atoms with E-state index in [0.29, 0.717) is 36.4 Å². The number of carboxylic acid groups (broad SMARTS) is 1. The highest BCUT2D eigenvalue weighted by Crippen LogP contribution is 2.26. The van der Waals surface area contributed by atoms with Crippen LogP contribution in [0.3, 0.4) is 0 Å². The van der Waals surface area contributed by atoms with E-state index in [4.69, 9.17) is 10.5 Å². The normalized spacial score (nSPS) is 21.1. The van der Waals surface area contributed by atoms with E-state index >= 15 is 0 Å². The SMILES string of the molecule is CC.COC1=C(N)CC(CO)CC1=NC(CCSC)C(=O)O. The van der Waals surface area contributed by atoms with E-state index in [1.165, 1.54) is 7.11 Å². The Morgan fingerprint density at radius 2 is 2.14 bits per heavy atom. The second-order valence-corrected chi connectivity index (χ2v) is 5.71. The molecule has 0 saturated carbocycles. The summed E-state index contributed by atoms with van der Waals surface area (Å²) in [4.78, 5) is 15.6. The van der Waals surface area contributed by atoms with Gasteiger partial charge in [-0.25, -0.2) is 4.79 Å². The number of methoxy groups -OCH3 is 1. The number of aliphatic carboxylic acids is 1. The average molecular weight is 332 g/mol. The third kappa shape index (κ3) is 6.27. The van der Waals surface area contributed by atoms with E-state index in [-0.39, 0.29) is 12.5 Å². The van der Waals surface area contributed by atoms with Crippen LogP contribution in [0.1, 0.15) is 33.1 Å². The summed E-state index contributed by atoms with van der Waals surface area (Å²) in [5.74, 6) is 0.207. The molecular weight excluding hydrogens is 304 g/mol. The molecule has 0 bridgehead atoms. The number of rotatable bonds is 7. The molecule has 7 heteroatoms. The summed E-state index contributed by atoms with van der Waals surface area (Å²) >= 11 is 1.58. The van der Waals surface area contributed by atoms with Crippen LogP contribution in [-0.2, 0) is 9.53 Å². The van der Waals surface area contributed by atoms with Crippen molar-refractivity contribution in [2.75, 3.05) is 25.7 Å². The second-order valence-electron chi connectivity index (χ2n) is 4.73. The fourth-order valence-electron chi connectivity index (χ4n) is 2.18. The number of nitrogens with two attached hydrogens (primary N) is 1. The molecule has 128 valence electrons. The fraction of sp³-hybridized carbons (Fsp3) is 0.733. The number of hydrogen-bond acceptors (Lipinski definition) is 6. The number of aliphatic imine (C=N–C) groups is 1. The van der Waals surface area contributed by atoms with E-state index in [1.807, 2.05) is 20.1 Å². The third-order valence-electron chi connectivity index (χ3n) is 3.20. The minimum Gasteiger partial charge on any atom is -0.493 e. The first-order valence-corrected chi connectivity index (χ1v) is 8.85. The zero-order valence-corrected chi connectivity index (χ0v) is 14.7. The van der Waals surface area contributed by atoms with Gasteiger partial charge < -0.3 is 20.7 Å². The van der Waals surface area contributed by atoms with Crippen LogP contribution in [0.25, 0.3) is 0 Å². The fourth-order valence-corrected chi connectivity index (χ4v) is 2.64. The lowest BCUT2D eigenvalue weighted by molar-refractivity contribution is -0.138. The molecule has 2 unspecified atom stereocenters. The van der Waals surface area contributed by atoms with Crippen molar-refractivity contribution in [2.24, 2.45) is 16.6 Å². The zero-order chi connectivity index (χ0) is 17.1. The molecule has 0 aromatic rings. The molecule has 0 saturated heterocycles. The Labute approximate surface area is 136 Å². The van der Waals surface area contributed by atoms with E-state index in [1.54, 1.807) is 11.8 Å². The molecule has 22 heavy (non-hydrogen) atoms. The molecule has 0 fully saturated rings. The van der Waals surface area contributed by atoms with Gasteiger partial charge >= 0.3 is 5.97 Å². The molecular formula is C15H28N2O4S. The molecule has 0 aliphatic heterocycles. The number of hydrogen-bond donors (Lipinski definition) is 3. The van der Waals surface area contributed by atoms with Crippen LogP contribution in [0.4, 0.5) is 0 Å². The van der Waals surface area contributed by atoms with Crippen molar-refractivity contribution in [3.05, 3.63) is 11.5 Å². The number of carboxylic acids is 1. The number of aliphatic hydroxyl groups excluding tert-OH is 1. The Morgan fingerprint density at radius 3 is 2.59 bits per heavy atom. The van der Waals surface area contributed by atoms with Gasteiger partial charge in [0.15, 0.2) is 5.76 Å². The summed E-state index contributed by atoms with van der Waals surface area (Å²) in [7, 11) is 1.49. The molecule has 0 aromatic carbocycles. The lowest BCUT2D eigenvalue weighted by Gasteiger charge is -2.25. The Hall–Kier alpha value is -1.21. The number of thioether (sulfide) groups is 1. The van der Waals surface area contributed by atoms with Gasteiger partial charge in [-0.1, -0.05) is 13.8 Å². The van der Waals surface area contributed by atoms with Gasteiger partial charge in [-0.15, -0.1) is 0 Å². The van der Waals surface area contributed by atoms with E-state index in [0.717, 1.165) is 5.75 Å². The predicted molar refractivity (Wildman–Crippen MR) is 91.2 cm³/mol. The number of ether oxygens (including phenoxy) is 1. The van der Waals surface area contributed by atoms with Gasteiger partial charge in [-0.05, 0) is 37.2 Å². The zero-order valence-electron chi connectivity index (χ0n) is 13.8. The van der Waals surface area contributed by atoms with Crippen LogP contribution >= 0.6 is 11.8 Å². The van der Waals surface area contributed by atoms with Crippen molar-refractivity contribution in [3.8, 4) is 0 Å². The minimum absolute atomic E-state index is 0.000730. The number of aliphatic hydroxyl groups is 1. The Balaban J connectivity index is 0.00000211. The second kappa shape index (κ2) is 11.4. The number of allylic oxidation sites excluding steroid dienone is 2. The maximum atomic E-state index is 11.3. The van der Waals surface area contributed by atoms with Crippen LogP contribution in [0, 0.1) is 5.92 Å². The molecule has 1 aliphatic carbocycles. The van der Waals surface area contributed by atoms with Gasteiger partial charge in [-0.3, -0.25) is 4.99 Å². The van der Waals surface area contributed by atoms with E-state index < -0.39 is 12.0 Å². The van der Waals surface area contributed by atoms with Crippen molar-refractivity contribution >= 4 is 23.4 Å². The molecule has 0 heterocycles. The minimum atomic E-state index is -0.952. The van der Waals surface area contributed by atoms with Gasteiger partial charge in [0, 0.05) is 6.61 Å². The largest absolute Gasteiger partial charge is 0.493 e. The summed E-state index contributed by atoms with van der Waals surface area (Å²) in [5.41, 5.74) is 6.97. The smallest absolute Gasteiger partial charge is 0.328 e. The van der Waals surface area contributed by atoms with Crippen molar-refractivity contribution in [2.45, 2.75) is 39.2 Å². The van der Waals surface area contributed by atoms with Gasteiger partial charge in [0.25, 0.3) is 0 Å². The highest BCUT2D eigenvalue weighted by molar-refractivity contribution is 7.98. The molecule has 4 N–H and O–H groups in total. The molecule has 0 amide bonds. The molecule has 0 aromatic heterocycles. The van der Waals surface area contributed by atoms with Crippen LogP contribution in [0.5, 0.6) is 0 Å². The highest BCUT2D eigenvalue weighted by Gasteiger charge is 2.27. The lowest BCUT2D eigenvalue weighted by Crippen LogP contribution is -2.29. The quantitative estimate of drug-likeness (QED) is 0.657. The van der Waals surface area contributed by atoms with Gasteiger partial charge in [0.2, 0.25) is 0 Å². The number of carbonyl (C=O) groups is 1. The van der Waals surface area contributed by atoms with E-state index in [2.05, 4.69) is 4.99 Å². The summed E-state index contributed by atoms with van der Waals surface area (Å²) in [5, 5.41) is 18.5. The maximum Gasteiger partial charge on any atom is 0.328 e. The average Bonchev–Trinajstić information content (AvgIpc) is 2.52. The Morgan fingerprint density at radius 1 is 1.50 bits per heavy atom. The first-order valence-electron chi connectivity index (χ1n) is 7.45. The van der Waals surface area contributed by atoms with Crippen LogP contribution in [0.2, 0.25) is 0 Å². The first-order chi connectivity index (χ1) is 10.5. The van der Waals surface area contributed by atoms with Gasteiger partial charge in [-0.2, -0.15) is 11.8 Å². The first kappa shape index (κ1) is 20.8. The van der Waals surface area contributed by atoms with Crippen LogP contribution in [0.15, 0.2) is 16.4 Å².